The Labute approximate surface area is 118 Å². The van der Waals surface area contributed by atoms with Gasteiger partial charge in [0.1, 0.15) is 0 Å². The molecule has 4 nitrogen and oxygen atoms in total. The number of carbonyl (C=O) groups excluding carboxylic acids is 1. The molecule has 1 aliphatic rings. The van der Waals surface area contributed by atoms with Crippen molar-refractivity contribution in [3.8, 4) is 5.75 Å². The molecular weight excluding hydrogens is 261 g/mol. The van der Waals surface area contributed by atoms with Crippen molar-refractivity contribution in [3.05, 3.63) is 30.1 Å². The van der Waals surface area contributed by atoms with Crippen molar-refractivity contribution in [1.82, 2.24) is 5.32 Å². The van der Waals surface area contributed by atoms with Crippen molar-refractivity contribution in [2.24, 2.45) is 5.92 Å². The van der Waals surface area contributed by atoms with Gasteiger partial charge in [-0.15, -0.1) is 0 Å². The van der Waals surface area contributed by atoms with E-state index in [2.05, 4.69) is 5.32 Å². The molecule has 0 bridgehead atoms. The minimum absolute atomic E-state index is 0.0930. The number of hydrogen-bond donors (Lipinski definition) is 1. The number of rotatable bonds is 9. The molecule has 20 heavy (non-hydrogen) atoms. The lowest BCUT2D eigenvalue weighted by Gasteiger charge is -2.08. The van der Waals surface area contributed by atoms with Crippen LogP contribution in [0.4, 0.5) is 4.39 Å². The Hall–Kier alpha value is -1.62. The highest BCUT2D eigenvalue weighted by Gasteiger charge is 2.20. The summed E-state index contributed by atoms with van der Waals surface area (Å²) >= 11 is 0. The Morgan fingerprint density at radius 2 is 2.15 bits per heavy atom. The SMILES string of the molecule is O=C(COc1ccccc1F)NCCCOCC1CC1. The van der Waals surface area contributed by atoms with Crippen molar-refractivity contribution >= 4 is 5.91 Å². The number of para-hydroxylation sites is 1. The monoisotopic (exact) mass is 281 g/mol. The summed E-state index contributed by atoms with van der Waals surface area (Å²) in [4.78, 5) is 11.5. The first-order chi connectivity index (χ1) is 9.75. The van der Waals surface area contributed by atoms with Gasteiger partial charge < -0.3 is 14.8 Å². The first-order valence-electron chi connectivity index (χ1n) is 6.97. The van der Waals surface area contributed by atoms with E-state index in [0.29, 0.717) is 13.2 Å². The van der Waals surface area contributed by atoms with Crippen LogP contribution in [0.3, 0.4) is 0 Å². The molecule has 1 aromatic carbocycles. The zero-order valence-electron chi connectivity index (χ0n) is 11.4. The molecule has 2 rings (SSSR count). The summed E-state index contributed by atoms with van der Waals surface area (Å²) in [5.41, 5.74) is 0. The first kappa shape index (κ1) is 14.8. The molecule has 0 unspecified atom stereocenters. The predicted octanol–water partition coefficient (Wildman–Crippen LogP) is 2.14. The molecule has 0 saturated heterocycles. The number of benzene rings is 1. The third-order valence-corrected chi connectivity index (χ3v) is 3.03. The van der Waals surface area contributed by atoms with Crippen LogP contribution in [0.25, 0.3) is 0 Å². The van der Waals surface area contributed by atoms with Gasteiger partial charge in [0.25, 0.3) is 5.91 Å². The van der Waals surface area contributed by atoms with E-state index in [0.717, 1.165) is 18.9 Å². The summed E-state index contributed by atoms with van der Waals surface area (Å²) in [6.45, 7) is 1.86. The maximum absolute atomic E-state index is 13.2. The van der Waals surface area contributed by atoms with Gasteiger partial charge in [-0.2, -0.15) is 0 Å². The van der Waals surface area contributed by atoms with E-state index >= 15 is 0 Å². The summed E-state index contributed by atoms with van der Waals surface area (Å²) in [6.07, 6.45) is 3.34. The number of hydrogen-bond acceptors (Lipinski definition) is 3. The fraction of sp³-hybridized carbons (Fsp3) is 0.533. The largest absolute Gasteiger partial charge is 0.481 e. The molecule has 0 aliphatic heterocycles. The zero-order valence-corrected chi connectivity index (χ0v) is 11.4. The molecule has 1 aromatic rings. The molecule has 0 aromatic heterocycles. The molecule has 1 fully saturated rings. The van der Waals surface area contributed by atoms with Crippen LogP contribution >= 0.6 is 0 Å². The first-order valence-corrected chi connectivity index (χ1v) is 6.97. The highest BCUT2D eigenvalue weighted by Crippen LogP contribution is 2.28. The second-order valence-electron chi connectivity index (χ2n) is 4.94. The summed E-state index contributed by atoms with van der Waals surface area (Å²) in [5.74, 6) is 0.137. The molecule has 1 amide bonds. The smallest absolute Gasteiger partial charge is 0.257 e. The number of nitrogens with one attached hydrogen (secondary N) is 1. The van der Waals surface area contributed by atoms with Gasteiger partial charge in [0.05, 0.1) is 0 Å². The molecule has 0 spiro atoms. The van der Waals surface area contributed by atoms with E-state index in [1.807, 2.05) is 0 Å². The predicted molar refractivity (Wildman–Crippen MR) is 73.1 cm³/mol. The molecule has 0 atom stereocenters. The van der Waals surface area contributed by atoms with Crippen LogP contribution in [-0.4, -0.2) is 32.3 Å². The molecule has 1 N–H and O–H groups in total. The quantitative estimate of drug-likeness (QED) is 0.705. The second kappa shape index (κ2) is 7.85. The van der Waals surface area contributed by atoms with Crippen LogP contribution in [0.5, 0.6) is 5.75 Å². The van der Waals surface area contributed by atoms with E-state index in [1.165, 1.54) is 25.0 Å². The number of ether oxygens (including phenoxy) is 2. The van der Waals surface area contributed by atoms with Crippen molar-refractivity contribution in [1.29, 1.82) is 0 Å². The number of amides is 1. The Morgan fingerprint density at radius 3 is 2.90 bits per heavy atom. The molecule has 1 aliphatic carbocycles. The maximum atomic E-state index is 13.2. The molecule has 0 heterocycles. The van der Waals surface area contributed by atoms with Crippen LogP contribution in [0.15, 0.2) is 24.3 Å². The van der Waals surface area contributed by atoms with E-state index in [4.69, 9.17) is 9.47 Å². The van der Waals surface area contributed by atoms with Gasteiger partial charge in [0, 0.05) is 19.8 Å². The van der Waals surface area contributed by atoms with E-state index in [1.54, 1.807) is 12.1 Å². The van der Waals surface area contributed by atoms with Crippen LogP contribution in [0.1, 0.15) is 19.3 Å². The maximum Gasteiger partial charge on any atom is 0.257 e. The van der Waals surface area contributed by atoms with E-state index in [9.17, 15) is 9.18 Å². The molecule has 110 valence electrons. The highest BCUT2D eigenvalue weighted by atomic mass is 19.1. The summed E-state index contributed by atoms with van der Waals surface area (Å²) in [7, 11) is 0. The van der Waals surface area contributed by atoms with Crippen molar-refractivity contribution in [3.63, 3.8) is 0 Å². The van der Waals surface area contributed by atoms with Gasteiger partial charge in [-0.1, -0.05) is 12.1 Å². The summed E-state index contributed by atoms with van der Waals surface area (Å²) < 4.78 is 23.8. The fourth-order valence-electron chi connectivity index (χ4n) is 1.69. The van der Waals surface area contributed by atoms with Gasteiger partial charge in [0.15, 0.2) is 18.2 Å². The Morgan fingerprint density at radius 1 is 1.35 bits per heavy atom. The normalized spacial score (nSPS) is 14.1. The lowest BCUT2D eigenvalue weighted by molar-refractivity contribution is -0.123. The average molecular weight is 281 g/mol. The lowest BCUT2D eigenvalue weighted by atomic mass is 10.3. The van der Waals surface area contributed by atoms with Gasteiger partial charge in [0.2, 0.25) is 0 Å². The zero-order chi connectivity index (χ0) is 14.2. The third-order valence-electron chi connectivity index (χ3n) is 3.03. The van der Waals surface area contributed by atoms with Gasteiger partial charge >= 0.3 is 0 Å². The van der Waals surface area contributed by atoms with Gasteiger partial charge in [-0.05, 0) is 37.3 Å². The minimum atomic E-state index is -0.464. The Kier molecular flexibility index (Phi) is 5.80. The van der Waals surface area contributed by atoms with Gasteiger partial charge in [-0.3, -0.25) is 4.79 Å². The minimum Gasteiger partial charge on any atom is -0.481 e. The van der Waals surface area contributed by atoms with Crippen LogP contribution in [-0.2, 0) is 9.53 Å². The summed E-state index contributed by atoms with van der Waals surface area (Å²) in [6, 6.07) is 6.02. The number of halogens is 1. The van der Waals surface area contributed by atoms with Crippen molar-refractivity contribution < 1.29 is 18.7 Å². The molecular formula is C15H20FNO3. The topological polar surface area (TPSA) is 47.6 Å². The van der Waals surface area contributed by atoms with Crippen molar-refractivity contribution in [2.45, 2.75) is 19.3 Å². The standard InChI is InChI=1S/C15H20FNO3/c16-13-4-1-2-5-14(13)20-11-15(18)17-8-3-9-19-10-12-6-7-12/h1-2,4-5,12H,3,6-11H2,(H,17,18). The van der Waals surface area contributed by atoms with E-state index < -0.39 is 5.82 Å². The second-order valence-corrected chi connectivity index (χ2v) is 4.94. The fourth-order valence-corrected chi connectivity index (χ4v) is 1.69. The number of carbonyl (C=O) groups is 1. The van der Waals surface area contributed by atoms with Crippen molar-refractivity contribution in [2.75, 3.05) is 26.4 Å². The highest BCUT2D eigenvalue weighted by molar-refractivity contribution is 5.77. The van der Waals surface area contributed by atoms with Crippen LogP contribution in [0.2, 0.25) is 0 Å². The van der Waals surface area contributed by atoms with Crippen LogP contribution < -0.4 is 10.1 Å². The third kappa shape index (κ3) is 5.57. The molecule has 5 heteroatoms. The van der Waals surface area contributed by atoms with Gasteiger partial charge in [-0.25, -0.2) is 4.39 Å². The molecule has 1 saturated carbocycles. The lowest BCUT2D eigenvalue weighted by Crippen LogP contribution is -2.30. The van der Waals surface area contributed by atoms with E-state index in [-0.39, 0.29) is 18.3 Å². The Balaban J connectivity index is 1.50. The Bertz CT molecular complexity index is 435. The summed E-state index contributed by atoms with van der Waals surface area (Å²) in [5, 5.41) is 2.71. The van der Waals surface area contributed by atoms with Crippen LogP contribution in [0, 0.1) is 11.7 Å². The molecule has 0 radical (unpaired) electrons. The average Bonchev–Trinajstić information content (AvgIpc) is 3.26.